The third kappa shape index (κ3) is 4.45. The van der Waals surface area contributed by atoms with Crippen molar-refractivity contribution in [3.8, 4) is 0 Å². The van der Waals surface area contributed by atoms with Crippen molar-refractivity contribution in [2.45, 2.75) is 38.4 Å². The maximum atomic E-state index is 13.0. The minimum Gasteiger partial charge on any atom is -0.323 e. The molecule has 0 saturated carbocycles. The van der Waals surface area contributed by atoms with E-state index in [9.17, 15) is 13.2 Å². The van der Waals surface area contributed by atoms with E-state index in [-0.39, 0.29) is 5.56 Å². The van der Waals surface area contributed by atoms with Gasteiger partial charge < -0.3 is 10.6 Å². The molecule has 1 saturated heterocycles. The molecule has 21 heavy (non-hydrogen) atoms. The predicted molar refractivity (Wildman–Crippen MR) is 77.8 cm³/mol. The van der Waals surface area contributed by atoms with Crippen LogP contribution in [0.25, 0.3) is 0 Å². The number of alkyl halides is 3. The van der Waals surface area contributed by atoms with Gasteiger partial charge in [-0.3, -0.25) is 0 Å². The van der Waals surface area contributed by atoms with Crippen molar-refractivity contribution in [2.75, 3.05) is 19.6 Å². The summed E-state index contributed by atoms with van der Waals surface area (Å²) < 4.78 is 39.1. The van der Waals surface area contributed by atoms with Crippen LogP contribution in [0.3, 0.4) is 0 Å². The molecule has 1 aliphatic rings. The molecule has 0 aliphatic carbocycles. The van der Waals surface area contributed by atoms with Crippen LogP contribution in [0.1, 0.15) is 43.4 Å². The van der Waals surface area contributed by atoms with Gasteiger partial charge in [-0.2, -0.15) is 13.2 Å². The van der Waals surface area contributed by atoms with Crippen LogP contribution in [0.15, 0.2) is 24.3 Å². The highest BCUT2D eigenvalue weighted by Gasteiger charge is 2.34. The second-order valence-electron chi connectivity index (χ2n) is 6.03. The Kier molecular flexibility index (Phi) is 5.27. The first-order chi connectivity index (χ1) is 9.88. The van der Waals surface area contributed by atoms with Crippen molar-refractivity contribution in [1.82, 2.24) is 4.90 Å². The Bertz CT molecular complexity index is 459. The molecule has 1 aromatic rings. The third-order valence-corrected chi connectivity index (χ3v) is 4.23. The maximum Gasteiger partial charge on any atom is 0.416 e. The highest BCUT2D eigenvalue weighted by molar-refractivity contribution is 5.32. The third-order valence-electron chi connectivity index (χ3n) is 4.23. The van der Waals surface area contributed by atoms with Gasteiger partial charge in [-0.15, -0.1) is 0 Å². The lowest BCUT2D eigenvalue weighted by Gasteiger charge is -2.26. The molecule has 0 aromatic heterocycles. The Morgan fingerprint density at radius 2 is 1.95 bits per heavy atom. The second kappa shape index (κ2) is 6.79. The molecule has 2 N–H and O–H groups in total. The molecule has 1 fully saturated rings. The van der Waals surface area contributed by atoms with Crippen LogP contribution in [0.5, 0.6) is 0 Å². The molecule has 0 radical (unpaired) electrons. The Balaban J connectivity index is 2.08. The zero-order chi connectivity index (χ0) is 15.5. The van der Waals surface area contributed by atoms with E-state index in [4.69, 9.17) is 5.73 Å². The van der Waals surface area contributed by atoms with Crippen LogP contribution in [0.2, 0.25) is 0 Å². The van der Waals surface area contributed by atoms with E-state index in [1.807, 2.05) is 0 Å². The van der Waals surface area contributed by atoms with Gasteiger partial charge in [0.2, 0.25) is 0 Å². The smallest absolute Gasteiger partial charge is 0.323 e. The van der Waals surface area contributed by atoms with Crippen molar-refractivity contribution in [1.29, 1.82) is 0 Å². The lowest BCUT2D eigenvalue weighted by Crippen LogP contribution is -2.34. The zero-order valence-electron chi connectivity index (χ0n) is 12.4. The fourth-order valence-electron chi connectivity index (χ4n) is 2.96. The Morgan fingerprint density at radius 3 is 2.67 bits per heavy atom. The molecule has 0 amide bonds. The molecule has 0 spiro atoms. The van der Waals surface area contributed by atoms with Gasteiger partial charge in [-0.1, -0.05) is 25.1 Å². The number of rotatable bonds is 3. The summed E-state index contributed by atoms with van der Waals surface area (Å²) in [5, 5.41) is 0. The summed E-state index contributed by atoms with van der Waals surface area (Å²) in [4.78, 5) is 2.20. The molecular weight excluding hydrogens is 277 g/mol. The number of halogens is 3. The summed E-state index contributed by atoms with van der Waals surface area (Å²) in [5.74, 6) is 0.689. The maximum absolute atomic E-state index is 13.0. The van der Waals surface area contributed by atoms with Crippen LogP contribution in [0.4, 0.5) is 13.2 Å². The molecule has 1 aliphatic heterocycles. The van der Waals surface area contributed by atoms with E-state index in [2.05, 4.69) is 11.8 Å². The molecular formula is C16H23F3N2. The van der Waals surface area contributed by atoms with E-state index in [1.54, 1.807) is 6.07 Å². The van der Waals surface area contributed by atoms with Gasteiger partial charge in [0, 0.05) is 12.6 Å². The van der Waals surface area contributed by atoms with E-state index in [0.717, 1.165) is 32.0 Å². The average molecular weight is 300 g/mol. The first-order valence-electron chi connectivity index (χ1n) is 7.52. The standard InChI is InChI=1S/C16H23F3N2/c1-12-5-4-9-21(10-8-12)11-15(20)13-6-2-3-7-14(13)16(17,18)19/h2-3,6-7,12,15H,4-5,8-11,20H2,1H3. The van der Waals surface area contributed by atoms with Crippen LogP contribution in [-0.4, -0.2) is 24.5 Å². The molecule has 2 rings (SSSR count). The second-order valence-corrected chi connectivity index (χ2v) is 6.03. The zero-order valence-corrected chi connectivity index (χ0v) is 12.4. The van der Waals surface area contributed by atoms with Crippen LogP contribution >= 0.6 is 0 Å². The molecule has 1 heterocycles. The van der Waals surface area contributed by atoms with Crippen LogP contribution in [-0.2, 0) is 6.18 Å². The first-order valence-corrected chi connectivity index (χ1v) is 7.52. The summed E-state index contributed by atoms with van der Waals surface area (Å²) in [5.41, 5.74) is 5.65. The van der Waals surface area contributed by atoms with Crippen molar-refractivity contribution in [3.63, 3.8) is 0 Å². The predicted octanol–water partition coefficient (Wildman–Crippen LogP) is 3.83. The summed E-state index contributed by atoms with van der Waals surface area (Å²) in [7, 11) is 0. The highest BCUT2D eigenvalue weighted by Crippen LogP contribution is 2.34. The quantitative estimate of drug-likeness (QED) is 0.919. The Morgan fingerprint density at radius 1 is 1.24 bits per heavy atom. The van der Waals surface area contributed by atoms with E-state index in [0.29, 0.717) is 12.5 Å². The van der Waals surface area contributed by atoms with Crippen molar-refractivity contribution >= 4 is 0 Å². The van der Waals surface area contributed by atoms with Gasteiger partial charge in [-0.05, 0) is 49.9 Å². The topological polar surface area (TPSA) is 29.3 Å². The number of hydrogen-bond donors (Lipinski definition) is 1. The minimum absolute atomic E-state index is 0.197. The Labute approximate surface area is 124 Å². The Hall–Kier alpha value is -1.07. The van der Waals surface area contributed by atoms with Gasteiger partial charge in [-0.25, -0.2) is 0 Å². The van der Waals surface area contributed by atoms with Crippen molar-refractivity contribution in [3.05, 3.63) is 35.4 Å². The minimum atomic E-state index is -4.35. The fourth-order valence-corrected chi connectivity index (χ4v) is 2.96. The number of nitrogens with zero attached hydrogens (tertiary/aromatic N) is 1. The lowest BCUT2D eigenvalue weighted by atomic mass is 10.00. The van der Waals surface area contributed by atoms with E-state index < -0.39 is 17.8 Å². The number of nitrogens with two attached hydrogens (primary N) is 1. The van der Waals surface area contributed by atoms with Crippen molar-refractivity contribution < 1.29 is 13.2 Å². The van der Waals surface area contributed by atoms with E-state index in [1.165, 1.54) is 18.6 Å². The summed E-state index contributed by atoms with van der Waals surface area (Å²) in [6, 6.07) is 5.03. The SMILES string of the molecule is CC1CCCN(CC(N)c2ccccc2C(F)(F)F)CC1. The fraction of sp³-hybridized carbons (Fsp3) is 0.625. The van der Waals surface area contributed by atoms with Gasteiger partial charge in [0.1, 0.15) is 0 Å². The van der Waals surface area contributed by atoms with Gasteiger partial charge in [0.25, 0.3) is 0 Å². The normalized spacial score (nSPS) is 22.8. The number of likely N-dealkylation sites (tertiary alicyclic amines) is 1. The van der Waals surface area contributed by atoms with Crippen LogP contribution < -0.4 is 5.73 Å². The summed E-state index contributed by atoms with van der Waals surface area (Å²) >= 11 is 0. The van der Waals surface area contributed by atoms with E-state index >= 15 is 0 Å². The first kappa shape index (κ1) is 16.3. The summed E-state index contributed by atoms with van der Waals surface area (Å²) in [6.07, 6.45) is -0.977. The summed E-state index contributed by atoms with van der Waals surface area (Å²) in [6.45, 7) is 4.55. The largest absolute Gasteiger partial charge is 0.416 e. The molecule has 5 heteroatoms. The molecule has 2 atom stereocenters. The van der Waals surface area contributed by atoms with Gasteiger partial charge >= 0.3 is 6.18 Å². The number of benzene rings is 1. The van der Waals surface area contributed by atoms with Crippen LogP contribution in [0, 0.1) is 5.92 Å². The molecule has 2 unspecified atom stereocenters. The average Bonchev–Trinajstić information content (AvgIpc) is 2.63. The molecule has 1 aromatic carbocycles. The number of hydrogen-bond acceptors (Lipinski definition) is 2. The monoisotopic (exact) mass is 300 g/mol. The highest BCUT2D eigenvalue weighted by atomic mass is 19.4. The molecule has 2 nitrogen and oxygen atoms in total. The van der Waals surface area contributed by atoms with Gasteiger partial charge in [0.05, 0.1) is 5.56 Å². The van der Waals surface area contributed by atoms with Gasteiger partial charge in [0.15, 0.2) is 0 Å². The lowest BCUT2D eigenvalue weighted by molar-refractivity contribution is -0.138. The van der Waals surface area contributed by atoms with Crippen molar-refractivity contribution in [2.24, 2.45) is 11.7 Å². The molecule has 0 bridgehead atoms. The molecule has 118 valence electrons.